The minimum atomic E-state index is -0.343. The highest BCUT2D eigenvalue weighted by atomic mass is 35.5. The van der Waals surface area contributed by atoms with Crippen LogP contribution < -0.4 is 10.6 Å². The van der Waals surface area contributed by atoms with Crippen molar-refractivity contribution < 1.29 is 4.79 Å². The summed E-state index contributed by atoms with van der Waals surface area (Å²) >= 11 is 12.1. The molecule has 3 nitrogen and oxygen atoms in total. The molecule has 0 aromatic heterocycles. The molecule has 1 fully saturated rings. The van der Waals surface area contributed by atoms with Gasteiger partial charge in [-0.15, -0.1) is 0 Å². The maximum Gasteiger partial charge on any atom is 0.231 e. The van der Waals surface area contributed by atoms with Crippen molar-refractivity contribution in [1.82, 2.24) is 5.32 Å². The molecule has 1 atom stereocenters. The molecular weight excluding hydrogens is 283 g/mol. The molecular formula is C14H18Cl2N2O. The van der Waals surface area contributed by atoms with Gasteiger partial charge in [0.15, 0.2) is 0 Å². The summed E-state index contributed by atoms with van der Waals surface area (Å²) in [5.41, 5.74) is 0.238. The molecule has 0 spiro atoms. The smallest absolute Gasteiger partial charge is 0.231 e. The van der Waals surface area contributed by atoms with Crippen molar-refractivity contribution in [3.05, 3.63) is 28.2 Å². The molecule has 1 saturated heterocycles. The molecule has 5 heteroatoms. The van der Waals surface area contributed by atoms with E-state index in [0.29, 0.717) is 22.3 Å². The van der Waals surface area contributed by atoms with Crippen LogP contribution in [0, 0.1) is 5.41 Å². The standard InChI is InChI=1S/C14H18Cl2N2O/c1-2-14(7-4-8-17-9-14)13(19)18-11-6-3-5-10(15)12(11)16/h3,5-6,17H,2,4,7-9H2,1H3,(H,18,19). The van der Waals surface area contributed by atoms with E-state index in [4.69, 9.17) is 23.2 Å². The SMILES string of the molecule is CCC1(C(=O)Nc2cccc(Cl)c2Cl)CCCNC1. The van der Waals surface area contributed by atoms with Gasteiger partial charge in [-0.05, 0) is 37.9 Å². The summed E-state index contributed by atoms with van der Waals surface area (Å²) < 4.78 is 0. The van der Waals surface area contributed by atoms with Crippen molar-refractivity contribution in [2.24, 2.45) is 5.41 Å². The molecule has 0 bridgehead atoms. The first kappa shape index (κ1) is 14.6. The number of amides is 1. The second kappa shape index (κ2) is 6.12. The topological polar surface area (TPSA) is 41.1 Å². The number of piperidine rings is 1. The van der Waals surface area contributed by atoms with E-state index >= 15 is 0 Å². The van der Waals surface area contributed by atoms with Gasteiger partial charge in [0.25, 0.3) is 0 Å². The largest absolute Gasteiger partial charge is 0.324 e. The third-order valence-corrected chi connectivity index (χ3v) is 4.65. The van der Waals surface area contributed by atoms with Gasteiger partial charge >= 0.3 is 0 Å². The third kappa shape index (κ3) is 3.04. The number of nitrogens with one attached hydrogen (secondary N) is 2. The number of carbonyl (C=O) groups is 1. The molecule has 1 unspecified atom stereocenters. The Balaban J connectivity index is 2.17. The predicted molar refractivity (Wildman–Crippen MR) is 79.9 cm³/mol. The number of anilines is 1. The van der Waals surface area contributed by atoms with Crippen LogP contribution in [0.2, 0.25) is 10.0 Å². The second-order valence-electron chi connectivity index (χ2n) is 4.97. The lowest BCUT2D eigenvalue weighted by Crippen LogP contribution is -2.47. The first-order chi connectivity index (χ1) is 9.09. The molecule has 0 radical (unpaired) electrons. The summed E-state index contributed by atoms with van der Waals surface area (Å²) in [6, 6.07) is 5.25. The first-order valence-corrected chi connectivity index (χ1v) is 7.31. The van der Waals surface area contributed by atoms with E-state index in [9.17, 15) is 4.79 Å². The monoisotopic (exact) mass is 300 g/mol. The average molecular weight is 301 g/mol. The van der Waals surface area contributed by atoms with Gasteiger partial charge < -0.3 is 10.6 Å². The molecule has 1 amide bonds. The Labute approximate surface area is 123 Å². The van der Waals surface area contributed by atoms with Gasteiger partial charge in [0.1, 0.15) is 0 Å². The van der Waals surface area contributed by atoms with Gasteiger partial charge in [-0.3, -0.25) is 4.79 Å². The molecule has 2 N–H and O–H groups in total. The summed E-state index contributed by atoms with van der Waals surface area (Å²) in [7, 11) is 0. The number of carbonyl (C=O) groups excluding carboxylic acids is 1. The van der Waals surface area contributed by atoms with Crippen LogP contribution in [0.1, 0.15) is 26.2 Å². The van der Waals surface area contributed by atoms with Crippen LogP contribution in [0.25, 0.3) is 0 Å². The van der Waals surface area contributed by atoms with E-state index < -0.39 is 0 Å². The zero-order valence-corrected chi connectivity index (χ0v) is 12.4. The molecule has 1 heterocycles. The van der Waals surface area contributed by atoms with Crippen molar-refractivity contribution in [3.8, 4) is 0 Å². The Morgan fingerprint density at radius 2 is 2.26 bits per heavy atom. The predicted octanol–water partition coefficient (Wildman–Crippen LogP) is 3.71. The Morgan fingerprint density at radius 1 is 1.47 bits per heavy atom. The van der Waals surface area contributed by atoms with Crippen molar-refractivity contribution in [1.29, 1.82) is 0 Å². The fraction of sp³-hybridized carbons (Fsp3) is 0.500. The highest BCUT2D eigenvalue weighted by molar-refractivity contribution is 6.44. The van der Waals surface area contributed by atoms with Crippen LogP contribution in [0.4, 0.5) is 5.69 Å². The van der Waals surface area contributed by atoms with Crippen molar-refractivity contribution in [2.45, 2.75) is 26.2 Å². The van der Waals surface area contributed by atoms with E-state index in [-0.39, 0.29) is 11.3 Å². The fourth-order valence-electron chi connectivity index (χ4n) is 2.48. The molecule has 19 heavy (non-hydrogen) atoms. The summed E-state index contributed by atoms with van der Waals surface area (Å²) in [5.74, 6) is 0.0198. The van der Waals surface area contributed by atoms with Gasteiger partial charge in [0.2, 0.25) is 5.91 Å². The van der Waals surface area contributed by atoms with Gasteiger partial charge in [0.05, 0.1) is 21.1 Å². The van der Waals surface area contributed by atoms with E-state index in [2.05, 4.69) is 10.6 Å². The van der Waals surface area contributed by atoms with Crippen molar-refractivity contribution >= 4 is 34.8 Å². The number of rotatable bonds is 3. The Hall–Kier alpha value is -0.770. The second-order valence-corrected chi connectivity index (χ2v) is 5.75. The lowest BCUT2D eigenvalue weighted by Gasteiger charge is -2.35. The third-order valence-electron chi connectivity index (χ3n) is 3.83. The lowest BCUT2D eigenvalue weighted by molar-refractivity contribution is -0.126. The molecule has 1 aromatic rings. The molecule has 104 valence electrons. The lowest BCUT2D eigenvalue weighted by atomic mass is 9.77. The van der Waals surface area contributed by atoms with Gasteiger partial charge in [-0.2, -0.15) is 0 Å². The van der Waals surface area contributed by atoms with Crippen LogP contribution in [-0.2, 0) is 4.79 Å². The van der Waals surface area contributed by atoms with E-state index in [1.54, 1.807) is 18.2 Å². The molecule has 0 saturated carbocycles. The molecule has 1 aliphatic rings. The minimum Gasteiger partial charge on any atom is -0.324 e. The van der Waals surface area contributed by atoms with E-state index in [0.717, 1.165) is 25.8 Å². The number of hydrogen-bond acceptors (Lipinski definition) is 2. The van der Waals surface area contributed by atoms with Crippen LogP contribution in [0.3, 0.4) is 0 Å². The number of hydrogen-bond donors (Lipinski definition) is 2. The Bertz CT molecular complexity index is 471. The van der Waals surface area contributed by atoms with Crippen molar-refractivity contribution in [2.75, 3.05) is 18.4 Å². The molecule has 0 aliphatic carbocycles. The van der Waals surface area contributed by atoms with Crippen LogP contribution in [0.15, 0.2) is 18.2 Å². The molecule has 2 rings (SSSR count). The molecule has 1 aromatic carbocycles. The minimum absolute atomic E-state index is 0.0198. The Morgan fingerprint density at radius 3 is 2.89 bits per heavy atom. The van der Waals surface area contributed by atoms with Crippen LogP contribution >= 0.6 is 23.2 Å². The Kier molecular flexibility index (Phi) is 4.71. The quantitative estimate of drug-likeness (QED) is 0.893. The number of halogens is 2. The fourth-order valence-corrected chi connectivity index (χ4v) is 2.83. The highest BCUT2D eigenvalue weighted by Gasteiger charge is 2.38. The normalized spacial score (nSPS) is 23.1. The maximum absolute atomic E-state index is 12.5. The highest BCUT2D eigenvalue weighted by Crippen LogP contribution is 2.34. The zero-order valence-electron chi connectivity index (χ0n) is 10.9. The van der Waals surface area contributed by atoms with Crippen molar-refractivity contribution in [3.63, 3.8) is 0 Å². The van der Waals surface area contributed by atoms with Gasteiger partial charge in [0, 0.05) is 6.54 Å². The van der Waals surface area contributed by atoms with Gasteiger partial charge in [-0.25, -0.2) is 0 Å². The maximum atomic E-state index is 12.5. The van der Waals surface area contributed by atoms with E-state index in [1.807, 2.05) is 6.92 Å². The summed E-state index contributed by atoms with van der Waals surface area (Å²) in [6.07, 6.45) is 2.73. The van der Waals surface area contributed by atoms with Gasteiger partial charge in [-0.1, -0.05) is 36.2 Å². The summed E-state index contributed by atoms with van der Waals surface area (Å²) in [5, 5.41) is 7.06. The van der Waals surface area contributed by atoms with E-state index in [1.165, 1.54) is 0 Å². The van der Waals surface area contributed by atoms with Crippen LogP contribution in [-0.4, -0.2) is 19.0 Å². The number of benzene rings is 1. The summed E-state index contributed by atoms with van der Waals surface area (Å²) in [4.78, 5) is 12.5. The summed E-state index contributed by atoms with van der Waals surface area (Å²) in [6.45, 7) is 3.74. The average Bonchev–Trinajstić information content (AvgIpc) is 2.44. The zero-order chi connectivity index (χ0) is 13.9. The first-order valence-electron chi connectivity index (χ1n) is 6.55. The van der Waals surface area contributed by atoms with Crippen LogP contribution in [0.5, 0.6) is 0 Å². The molecule has 1 aliphatic heterocycles.